The summed E-state index contributed by atoms with van der Waals surface area (Å²) >= 11 is 0. The Hall–Kier alpha value is -6.36. The SMILES string of the molecule is CC(C)C[C@@H]1NC(=O)[C@@H](Cc2ccccc2)NC(=O)[C@H](CCN)NC(=O)[C@@H](NC(=O)[C@H](CCN)NC(=O)[C@@H](NC(=O)CCCN(C)C)C(C)O)CCNC(=O)C(C(C)O)NC(=O)[C@H](CCN)NC(=O)[C@H](CCN)NC1=O. The summed E-state index contributed by atoms with van der Waals surface area (Å²) < 4.78 is 0. The van der Waals surface area contributed by atoms with Gasteiger partial charge in [0.1, 0.15) is 54.4 Å². The van der Waals surface area contributed by atoms with Gasteiger partial charge in [0.25, 0.3) is 0 Å². The van der Waals surface area contributed by atoms with Crippen LogP contribution in [0.1, 0.15) is 84.6 Å². The largest absolute Gasteiger partial charge is 0.391 e. The van der Waals surface area contributed by atoms with Gasteiger partial charge in [0, 0.05) is 19.4 Å². The molecule has 3 unspecified atom stereocenters. The Kier molecular flexibility index (Phi) is 29.7. The number of carbonyl (C=O) groups is 10. The molecule has 1 heterocycles. The Bertz CT molecular complexity index is 2060. The van der Waals surface area contributed by atoms with Crippen LogP contribution >= 0.6 is 0 Å². The number of hydrogen-bond acceptors (Lipinski definition) is 17. The quantitative estimate of drug-likeness (QED) is 0.0485. The van der Waals surface area contributed by atoms with Crippen molar-refractivity contribution in [2.75, 3.05) is 53.4 Å². The summed E-state index contributed by atoms with van der Waals surface area (Å²) in [5.41, 5.74) is 24.1. The highest BCUT2D eigenvalue weighted by Gasteiger charge is 2.37. The van der Waals surface area contributed by atoms with Gasteiger partial charge in [-0.15, -0.1) is 0 Å². The summed E-state index contributed by atoms with van der Waals surface area (Å²) in [4.78, 5) is 141. The normalized spacial score (nSPS) is 23.5. The van der Waals surface area contributed by atoms with Crippen LogP contribution in [0.25, 0.3) is 0 Å². The molecular weight excluding hydrogens is 991 g/mol. The third-order valence-corrected chi connectivity index (χ3v) is 12.1. The lowest BCUT2D eigenvalue weighted by molar-refractivity contribution is -0.136. The minimum Gasteiger partial charge on any atom is -0.391 e. The summed E-state index contributed by atoms with van der Waals surface area (Å²) in [6.45, 7) is 5.64. The Morgan fingerprint density at radius 2 is 1.14 bits per heavy atom. The van der Waals surface area contributed by atoms with Gasteiger partial charge >= 0.3 is 0 Å². The Morgan fingerprint density at radius 1 is 0.645 bits per heavy atom. The van der Waals surface area contributed by atoms with Crippen molar-refractivity contribution in [1.82, 2.24) is 58.1 Å². The monoisotopic (exact) mass is 1080 g/mol. The van der Waals surface area contributed by atoms with E-state index >= 15 is 0 Å². The molecule has 11 atom stereocenters. The first-order chi connectivity index (χ1) is 36.0. The molecule has 0 saturated carbocycles. The molecule has 1 aromatic carbocycles. The molecule has 27 heteroatoms. The zero-order valence-electron chi connectivity index (χ0n) is 44.7. The molecule has 0 bridgehead atoms. The van der Waals surface area contributed by atoms with Crippen LogP contribution in [0.4, 0.5) is 0 Å². The van der Waals surface area contributed by atoms with Gasteiger partial charge in [0.05, 0.1) is 12.2 Å². The molecule has 1 aliphatic heterocycles. The second-order valence-electron chi connectivity index (χ2n) is 19.6. The minimum absolute atomic E-state index is 0.0314. The van der Waals surface area contributed by atoms with Crippen molar-refractivity contribution in [3.8, 4) is 0 Å². The van der Waals surface area contributed by atoms with Gasteiger partial charge in [-0.05, 0) is 117 Å². The van der Waals surface area contributed by atoms with Crippen LogP contribution in [-0.4, -0.2) is 194 Å². The first-order valence-electron chi connectivity index (χ1n) is 25.8. The van der Waals surface area contributed by atoms with Crippen molar-refractivity contribution in [2.45, 2.75) is 152 Å². The fourth-order valence-electron chi connectivity index (χ4n) is 7.98. The number of carbonyl (C=O) groups excluding carboxylic acids is 10. The average Bonchev–Trinajstić information content (AvgIpc) is 3.35. The van der Waals surface area contributed by atoms with E-state index in [-0.39, 0.29) is 77.0 Å². The number of rotatable bonds is 23. The van der Waals surface area contributed by atoms with E-state index in [1.807, 2.05) is 19.0 Å². The van der Waals surface area contributed by atoms with E-state index in [1.165, 1.54) is 13.8 Å². The lowest BCUT2D eigenvalue weighted by Gasteiger charge is -2.28. The second-order valence-corrected chi connectivity index (χ2v) is 19.6. The molecule has 27 nitrogen and oxygen atoms in total. The number of nitrogens with one attached hydrogen (secondary N) is 10. The molecule has 10 amide bonds. The maximum Gasteiger partial charge on any atom is 0.245 e. The van der Waals surface area contributed by atoms with Crippen LogP contribution in [0.5, 0.6) is 0 Å². The zero-order valence-corrected chi connectivity index (χ0v) is 44.7. The Labute approximate surface area is 444 Å². The van der Waals surface area contributed by atoms with E-state index in [4.69, 9.17) is 22.9 Å². The number of nitrogens with two attached hydrogens (primary N) is 4. The van der Waals surface area contributed by atoms with E-state index in [9.17, 15) is 58.2 Å². The number of amides is 10. The van der Waals surface area contributed by atoms with Gasteiger partial charge < -0.3 is 91.2 Å². The standard InChI is InChI=1S/C49H85N15O12/c1-27(2)25-36-46(73)57-31(14-19-50)41(68)56-34(17-22-53)45(72)63-39(28(3)65)48(75)54-23-18-35(44(71)55-32(15-20-51)43(70)61-37(47(74)60-36)26-30-11-8-7-9-12-30)58-42(69)33(16-21-52)59-49(76)40(29(4)66)62-38(67)13-10-24-64(5)6/h7-9,11-12,27-29,31-37,39-40,65-66H,10,13-26,50-53H2,1-6H3,(H,54,75)(H,55,71)(H,56,68)(H,57,73)(H,58,69)(H,59,76)(H,60,74)(H,61,70)(H,62,67)(H,63,72)/t28?,29?,31-,32-,33-,34-,35-,36-,37+,39?,40-/m0/s1. The molecule has 1 saturated heterocycles. The number of hydrogen-bond donors (Lipinski definition) is 16. The van der Waals surface area contributed by atoms with Crippen molar-refractivity contribution >= 4 is 59.1 Å². The second kappa shape index (κ2) is 34.3. The van der Waals surface area contributed by atoms with E-state index in [0.29, 0.717) is 18.5 Å². The molecule has 0 spiro atoms. The predicted molar refractivity (Wildman–Crippen MR) is 280 cm³/mol. The summed E-state index contributed by atoms with van der Waals surface area (Å²) in [6.07, 6.45) is -3.61. The fraction of sp³-hybridized carbons (Fsp3) is 0.673. The molecule has 20 N–H and O–H groups in total. The lowest BCUT2D eigenvalue weighted by Crippen LogP contribution is -2.61. The molecule has 1 aromatic rings. The summed E-state index contributed by atoms with van der Waals surface area (Å²) in [7, 11) is 3.65. The Balaban J connectivity index is 2.72. The first kappa shape index (κ1) is 65.8. The van der Waals surface area contributed by atoms with E-state index in [2.05, 4.69) is 53.2 Å². The topological polar surface area (TPSA) is 439 Å². The van der Waals surface area contributed by atoms with Gasteiger partial charge in [0.15, 0.2) is 0 Å². The maximum atomic E-state index is 14.4. The van der Waals surface area contributed by atoms with Crippen LogP contribution in [0.2, 0.25) is 0 Å². The summed E-state index contributed by atoms with van der Waals surface area (Å²) in [5, 5.41) is 46.8. The van der Waals surface area contributed by atoms with Gasteiger partial charge in [-0.3, -0.25) is 47.9 Å². The lowest BCUT2D eigenvalue weighted by atomic mass is 10.00. The van der Waals surface area contributed by atoms with Gasteiger partial charge in [-0.2, -0.15) is 0 Å². The van der Waals surface area contributed by atoms with Crippen molar-refractivity contribution < 1.29 is 58.2 Å². The summed E-state index contributed by atoms with van der Waals surface area (Å²) in [5.74, 6) is -8.88. The van der Waals surface area contributed by atoms with Crippen molar-refractivity contribution in [2.24, 2.45) is 28.9 Å². The predicted octanol–water partition coefficient (Wildman–Crippen LogP) is -6.34. The third kappa shape index (κ3) is 23.3. The number of aliphatic hydroxyl groups excluding tert-OH is 2. The van der Waals surface area contributed by atoms with Gasteiger partial charge in [-0.25, -0.2) is 0 Å². The van der Waals surface area contributed by atoms with Crippen LogP contribution < -0.4 is 76.1 Å². The van der Waals surface area contributed by atoms with Crippen molar-refractivity contribution in [1.29, 1.82) is 0 Å². The third-order valence-electron chi connectivity index (χ3n) is 12.1. The number of benzene rings is 1. The van der Waals surface area contributed by atoms with Crippen LogP contribution in [0.15, 0.2) is 30.3 Å². The minimum atomic E-state index is -1.66. The smallest absolute Gasteiger partial charge is 0.245 e. The first-order valence-corrected chi connectivity index (χ1v) is 25.8. The van der Waals surface area contributed by atoms with Crippen LogP contribution in [0, 0.1) is 5.92 Å². The summed E-state index contributed by atoms with van der Waals surface area (Å²) in [6, 6.07) is -4.50. The van der Waals surface area contributed by atoms with Crippen molar-refractivity contribution in [3.05, 3.63) is 35.9 Å². The molecule has 428 valence electrons. The highest BCUT2D eigenvalue weighted by Crippen LogP contribution is 2.11. The van der Waals surface area contributed by atoms with Gasteiger partial charge in [-0.1, -0.05) is 44.2 Å². The highest BCUT2D eigenvalue weighted by molar-refractivity contribution is 5.99. The van der Waals surface area contributed by atoms with Gasteiger partial charge in [0.2, 0.25) is 59.1 Å². The molecule has 1 fully saturated rings. The number of aliphatic hydroxyl groups is 2. The highest BCUT2D eigenvalue weighted by atomic mass is 16.3. The van der Waals surface area contributed by atoms with E-state index in [0.717, 1.165) is 0 Å². The molecule has 0 aliphatic carbocycles. The maximum absolute atomic E-state index is 14.4. The zero-order chi connectivity index (χ0) is 57.1. The van der Waals surface area contributed by atoms with E-state index in [1.54, 1.807) is 44.2 Å². The molecule has 76 heavy (non-hydrogen) atoms. The van der Waals surface area contributed by atoms with Crippen molar-refractivity contribution in [3.63, 3.8) is 0 Å². The average molecular weight is 1080 g/mol. The molecule has 0 radical (unpaired) electrons. The van der Waals surface area contributed by atoms with Crippen LogP contribution in [0.3, 0.4) is 0 Å². The molecule has 0 aromatic heterocycles. The number of nitrogens with zero attached hydrogens (tertiary/aromatic N) is 1. The van der Waals surface area contributed by atoms with E-state index < -0.39 is 139 Å². The molecule has 2 rings (SSSR count). The molecular formula is C49H85N15O12. The fourth-order valence-corrected chi connectivity index (χ4v) is 7.98. The van der Waals surface area contributed by atoms with Crippen LogP contribution in [-0.2, 0) is 54.4 Å². The molecule has 1 aliphatic rings. The Morgan fingerprint density at radius 3 is 1.64 bits per heavy atom.